The van der Waals surface area contributed by atoms with Gasteiger partial charge in [-0.3, -0.25) is 4.79 Å². The van der Waals surface area contributed by atoms with Crippen molar-refractivity contribution < 1.29 is 22.9 Å². The van der Waals surface area contributed by atoms with Gasteiger partial charge in [0, 0.05) is 12.1 Å². The maximum Gasteiger partial charge on any atom is 0.495 e. The molecule has 4 nitrogen and oxygen atoms in total. The molecule has 0 aromatic heterocycles. The molecule has 1 amide bonds. The van der Waals surface area contributed by atoms with E-state index in [0.717, 1.165) is 5.56 Å². The van der Waals surface area contributed by atoms with Crippen LogP contribution in [0.1, 0.15) is 52.2 Å². The fraction of sp³-hybridized carbons (Fsp3) is 0.423. The third-order valence-electron chi connectivity index (χ3n) is 6.50. The molecule has 7 heteroatoms. The fourth-order valence-electron chi connectivity index (χ4n) is 3.70. The van der Waals surface area contributed by atoms with Crippen LogP contribution in [0, 0.1) is 0 Å². The van der Waals surface area contributed by atoms with Gasteiger partial charge in [-0.15, -0.1) is 0 Å². The molecule has 33 heavy (non-hydrogen) atoms. The minimum absolute atomic E-state index is 0.160. The number of rotatable bonds is 8. The fourth-order valence-corrected chi connectivity index (χ4v) is 3.70. The first-order valence-electron chi connectivity index (χ1n) is 11.3. The largest absolute Gasteiger partial charge is 0.495 e. The molecule has 0 unspecified atom stereocenters. The Labute approximate surface area is 195 Å². The van der Waals surface area contributed by atoms with Crippen molar-refractivity contribution in [2.24, 2.45) is 0 Å². The van der Waals surface area contributed by atoms with Crippen LogP contribution in [-0.2, 0) is 20.5 Å². The van der Waals surface area contributed by atoms with E-state index >= 15 is 8.78 Å². The monoisotopic (exact) mass is 455 g/mol. The lowest BCUT2D eigenvalue weighted by Crippen LogP contribution is -2.42. The molecule has 3 rings (SSSR count). The first-order valence-corrected chi connectivity index (χ1v) is 11.3. The summed E-state index contributed by atoms with van der Waals surface area (Å²) < 4.78 is 42.9. The lowest BCUT2D eigenvalue weighted by molar-refractivity contribution is -0.140. The first kappa shape index (κ1) is 25.1. The molecule has 1 aliphatic heterocycles. The predicted molar refractivity (Wildman–Crippen MR) is 128 cm³/mol. The van der Waals surface area contributed by atoms with Crippen molar-refractivity contribution in [1.29, 1.82) is 0 Å². The summed E-state index contributed by atoms with van der Waals surface area (Å²) in [6.45, 7) is 8.89. The van der Waals surface area contributed by atoms with E-state index in [9.17, 15) is 4.79 Å². The third-order valence-corrected chi connectivity index (χ3v) is 6.50. The van der Waals surface area contributed by atoms with Gasteiger partial charge < -0.3 is 14.6 Å². The zero-order valence-corrected chi connectivity index (χ0v) is 20.0. The van der Waals surface area contributed by atoms with Crippen molar-refractivity contribution in [3.8, 4) is 0 Å². The van der Waals surface area contributed by atoms with Gasteiger partial charge in [0.05, 0.1) is 11.2 Å². The average Bonchev–Trinajstić information content (AvgIpc) is 2.99. The molecule has 0 spiro atoms. The molecule has 1 saturated heterocycles. The van der Waals surface area contributed by atoms with Crippen LogP contribution in [0.25, 0.3) is 5.47 Å². The second-order valence-corrected chi connectivity index (χ2v) is 9.41. The SMILES string of the molecule is C/C(=C(\B1OC(C)(C)C(C)(C)O1)c1ccccc1)C(F)(F)C(=O)NCCCc1ccccc1. The highest BCUT2D eigenvalue weighted by atomic mass is 19.3. The number of hydrogen-bond donors (Lipinski definition) is 1. The van der Waals surface area contributed by atoms with Gasteiger partial charge in [-0.2, -0.15) is 8.78 Å². The van der Waals surface area contributed by atoms with E-state index in [1.807, 2.05) is 58.0 Å². The Hall–Kier alpha value is -2.51. The highest BCUT2D eigenvalue weighted by Crippen LogP contribution is 2.43. The van der Waals surface area contributed by atoms with Gasteiger partial charge in [-0.05, 0) is 64.1 Å². The van der Waals surface area contributed by atoms with Gasteiger partial charge in [0.25, 0.3) is 5.91 Å². The Balaban J connectivity index is 1.81. The van der Waals surface area contributed by atoms with Crippen LogP contribution in [0.15, 0.2) is 66.2 Å². The molecular weight excluding hydrogens is 423 g/mol. The predicted octanol–water partition coefficient (Wildman–Crippen LogP) is 5.48. The van der Waals surface area contributed by atoms with Gasteiger partial charge in [0.15, 0.2) is 0 Å². The average molecular weight is 455 g/mol. The number of nitrogens with one attached hydrogen (secondary N) is 1. The van der Waals surface area contributed by atoms with Gasteiger partial charge in [0.1, 0.15) is 0 Å². The van der Waals surface area contributed by atoms with Crippen LogP contribution in [0.3, 0.4) is 0 Å². The van der Waals surface area contributed by atoms with E-state index in [0.29, 0.717) is 18.4 Å². The van der Waals surface area contributed by atoms with Crippen LogP contribution in [0.5, 0.6) is 0 Å². The Morgan fingerprint density at radius 1 is 0.939 bits per heavy atom. The number of carbonyl (C=O) groups is 1. The van der Waals surface area contributed by atoms with E-state index in [2.05, 4.69) is 5.32 Å². The molecule has 0 atom stereocenters. The minimum atomic E-state index is -3.72. The van der Waals surface area contributed by atoms with Crippen molar-refractivity contribution in [3.05, 3.63) is 77.4 Å². The molecular formula is C26H32BF2NO3. The topological polar surface area (TPSA) is 47.6 Å². The summed E-state index contributed by atoms with van der Waals surface area (Å²) in [5.41, 5.74) is 0.0260. The summed E-state index contributed by atoms with van der Waals surface area (Å²) in [5, 5.41) is 2.40. The maximum atomic E-state index is 15.4. The number of aryl methyl sites for hydroxylation is 1. The Morgan fingerprint density at radius 3 is 2.00 bits per heavy atom. The quantitative estimate of drug-likeness (QED) is 0.424. The standard InChI is InChI=1S/C26H32BF2NO3/c1-19(26(28,29)23(31)30-18-12-15-20-13-8-6-9-14-20)22(21-16-10-7-11-17-21)27-32-24(2,3)25(4,5)33-27/h6-11,13-14,16-17H,12,15,18H2,1-5H3,(H,30,31)/b22-19+. The number of amides is 1. The lowest BCUT2D eigenvalue weighted by atomic mass is 9.70. The first-order chi connectivity index (χ1) is 15.5. The zero-order chi connectivity index (χ0) is 24.3. The number of alkyl halides is 2. The van der Waals surface area contributed by atoms with E-state index in [1.54, 1.807) is 30.3 Å². The van der Waals surface area contributed by atoms with Gasteiger partial charge in [0.2, 0.25) is 0 Å². The third kappa shape index (κ3) is 5.53. The smallest absolute Gasteiger partial charge is 0.399 e. The summed E-state index contributed by atoms with van der Waals surface area (Å²) in [7, 11) is -1.02. The maximum absolute atomic E-state index is 15.4. The number of carbonyl (C=O) groups excluding carboxylic acids is 1. The van der Waals surface area contributed by atoms with Gasteiger partial charge >= 0.3 is 13.0 Å². The Morgan fingerprint density at radius 2 is 1.45 bits per heavy atom. The molecule has 1 aliphatic rings. The van der Waals surface area contributed by atoms with E-state index in [4.69, 9.17) is 9.31 Å². The summed E-state index contributed by atoms with van der Waals surface area (Å²) in [6.07, 6.45) is 1.27. The molecule has 1 N–H and O–H groups in total. The number of hydrogen-bond acceptors (Lipinski definition) is 3. The van der Waals surface area contributed by atoms with Crippen molar-refractivity contribution in [2.45, 2.75) is 64.6 Å². The molecule has 0 bridgehead atoms. The summed E-state index contributed by atoms with van der Waals surface area (Å²) in [6, 6.07) is 18.5. The highest BCUT2D eigenvalue weighted by molar-refractivity contribution is 6.69. The summed E-state index contributed by atoms with van der Waals surface area (Å²) in [4.78, 5) is 12.5. The van der Waals surface area contributed by atoms with Crippen LogP contribution < -0.4 is 5.32 Å². The Bertz CT molecular complexity index is 975. The second kappa shape index (κ2) is 9.78. The lowest BCUT2D eigenvalue weighted by Gasteiger charge is -2.32. The highest BCUT2D eigenvalue weighted by Gasteiger charge is 2.55. The van der Waals surface area contributed by atoms with E-state index < -0.39 is 30.2 Å². The normalized spacial score (nSPS) is 18.1. The van der Waals surface area contributed by atoms with Crippen molar-refractivity contribution in [3.63, 3.8) is 0 Å². The van der Waals surface area contributed by atoms with Crippen molar-refractivity contribution in [1.82, 2.24) is 5.32 Å². The van der Waals surface area contributed by atoms with Crippen LogP contribution in [0.4, 0.5) is 8.78 Å². The van der Waals surface area contributed by atoms with Gasteiger partial charge in [-0.1, -0.05) is 60.7 Å². The molecule has 1 fully saturated rings. The molecule has 0 saturated carbocycles. The van der Waals surface area contributed by atoms with Crippen LogP contribution in [-0.4, -0.2) is 36.7 Å². The number of halogens is 2. The molecule has 2 aromatic rings. The molecule has 2 aromatic carbocycles. The zero-order valence-electron chi connectivity index (χ0n) is 20.0. The number of benzene rings is 2. The second-order valence-electron chi connectivity index (χ2n) is 9.41. The minimum Gasteiger partial charge on any atom is -0.399 e. The van der Waals surface area contributed by atoms with Gasteiger partial charge in [-0.25, -0.2) is 0 Å². The summed E-state index contributed by atoms with van der Waals surface area (Å²) >= 11 is 0. The molecule has 0 aliphatic carbocycles. The molecule has 1 heterocycles. The van der Waals surface area contributed by atoms with E-state index in [1.165, 1.54) is 6.92 Å². The molecule has 0 radical (unpaired) electrons. The van der Waals surface area contributed by atoms with Crippen LogP contribution >= 0.6 is 0 Å². The van der Waals surface area contributed by atoms with Crippen molar-refractivity contribution in [2.75, 3.05) is 6.54 Å². The molecule has 176 valence electrons. The van der Waals surface area contributed by atoms with Crippen LogP contribution in [0.2, 0.25) is 0 Å². The van der Waals surface area contributed by atoms with Crippen molar-refractivity contribution >= 4 is 18.5 Å². The summed E-state index contributed by atoms with van der Waals surface area (Å²) in [5.74, 6) is -5.04. The van der Waals surface area contributed by atoms with E-state index in [-0.39, 0.29) is 17.6 Å². The Kier molecular flexibility index (Phi) is 7.44.